The van der Waals surface area contributed by atoms with Crippen LogP contribution >= 0.6 is 23.2 Å². The predicted molar refractivity (Wildman–Crippen MR) is 134 cm³/mol. The Bertz CT molecular complexity index is 1120. The van der Waals surface area contributed by atoms with E-state index < -0.39 is 0 Å². The molecular weight excluding hydrogens is 443 g/mol. The van der Waals surface area contributed by atoms with Crippen LogP contribution in [-0.2, 0) is 9.59 Å². The number of allylic oxidation sites excluding steroid dienone is 2. The SMILES string of the molecule is C/C(C(=O)/C=C/c1ccccn1)=C(/c1ccc(Cl)cc1)c1cc(Cl)ccc1NC=O.CC. The Morgan fingerprint density at radius 2 is 1.66 bits per heavy atom. The van der Waals surface area contributed by atoms with E-state index in [1.165, 1.54) is 6.08 Å². The Morgan fingerprint density at radius 1 is 0.969 bits per heavy atom. The average Bonchev–Trinajstić information content (AvgIpc) is 2.82. The van der Waals surface area contributed by atoms with Gasteiger partial charge in [0.2, 0.25) is 6.41 Å². The zero-order chi connectivity index (χ0) is 23.5. The van der Waals surface area contributed by atoms with Crippen molar-refractivity contribution in [3.63, 3.8) is 0 Å². The number of aromatic nitrogens is 1. The molecule has 4 nitrogen and oxygen atoms in total. The van der Waals surface area contributed by atoms with Gasteiger partial charge in [-0.3, -0.25) is 14.6 Å². The molecule has 0 fully saturated rings. The molecule has 0 aliphatic heterocycles. The number of rotatable bonds is 7. The van der Waals surface area contributed by atoms with Gasteiger partial charge in [0.1, 0.15) is 0 Å². The monoisotopic (exact) mass is 466 g/mol. The first-order valence-electron chi connectivity index (χ1n) is 10.1. The summed E-state index contributed by atoms with van der Waals surface area (Å²) in [7, 11) is 0. The summed E-state index contributed by atoms with van der Waals surface area (Å²) >= 11 is 12.3. The Labute approximate surface area is 198 Å². The molecule has 0 aliphatic rings. The van der Waals surface area contributed by atoms with Crippen LogP contribution < -0.4 is 5.32 Å². The van der Waals surface area contributed by atoms with E-state index in [4.69, 9.17) is 23.2 Å². The van der Waals surface area contributed by atoms with E-state index in [1.54, 1.807) is 49.5 Å². The van der Waals surface area contributed by atoms with Crippen LogP contribution in [0.15, 0.2) is 78.5 Å². The summed E-state index contributed by atoms with van der Waals surface area (Å²) in [4.78, 5) is 28.3. The second-order valence-electron chi connectivity index (χ2n) is 6.41. The molecule has 1 aromatic heterocycles. The van der Waals surface area contributed by atoms with E-state index in [1.807, 2.05) is 44.2 Å². The molecule has 0 unspecified atom stereocenters. The second kappa shape index (κ2) is 12.6. The van der Waals surface area contributed by atoms with Crippen LogP contribution in [-0.4, -0.2) is 17.2 Å². The lowest BCUT2D eigenvalue weighted by Crippen LogP contribution is -2.05. The fraction of sp³-hybridized carbons (Fsp3) is 0.115. The Balaban J connectivity index is 0.00000176. The van der Waals surface area contributed by atoms with E-state index in [-0.39, 0.29) is 5.78 Å². The van der Waals surface area contributed by atoms with E-state index in [2.05, 4.69) is 10.3 Å². The highest BCUT2D eigenvalue weighted by molar-refractivity contribution is 6.31. The van der Waals surface area contributed by atoms with Gasteiger partial charge in [-0.25, -0.2) is 0 Å². The molecule has 0 atom stereocenters. The van der Waals surface area contributed by atoms with Crippen LogP contribution in [0.5, 0.6) is 0 Å². The summed E-state index contributed by atoms with van der Waals surface area (Å²) in [6.45, 7) is 5.74. The third kappa shape index (κ3) is 6.64. The first-order valence-corrected chi connectivity index (χ1v) is 10.9. The average molecular weight is 467 g/mol. The zero-order valence-corrected chi connectivity index (χ0v) is 19.6. The zero-order valence-electron chi connectivity index (χ0n) is 18.1. The molecule has 0 spiro atoms. The number of nitrogens with one attached hydrogen (secondary N) is 1. The quantitative estimate of drug-likeness (QED) is 0.298. The molecule has 0 aliphatic carbocycles. The lowest BCUT2D eigenvalue weighted by Gasteiger charge is -2.16. The third-order valence-corrected chi connectivity index (χ3v) is 4.92. The maximum atomic E-state index is 13.0. The molecule has 6 heteroatoms. The molecule has 0 saturated carbocycles. The van der Waals surface area contributed by atoms with E-state index in [9.17, 15) is 9.59 Å². The Morgan fingerprint density at radius 3 is 2.28 bits per heavy atom. The number of carbonyl (C=O) groups is 2. The first-order chi connectivity index (χ1) is 15.5. The van der Waals surface area contributed by atoms with Crippen molar-refractivity contribution in [1.29, 1.82) is 0 Å². The van der Waals surface area contributed by atoms with Crippen molar-refractivity contribution in [3.05, 3.63) is 105 Å². The molecule has 3 rings (SSSR count). The van der Waals surface area contributed by atoms with Crippen LogP contribution in [0.2, 0.25) is 10.0 Å². The minimum absolute atomic E-state index is 0.192. The molecule has 1 heterocycles. The predicted octanol–water partition coefficient (Wildman–Crippen LogP) is 7.09. The lowest BCUT2D eigenvalue weighted by molar-refractivity contribution is -0.111. The fourth-order valence-electron chi connectivity index (χ4n) is 2.99. The van der Waals surface area contributed by atoms with E-state index in [0.29, 0.717) is 44.5 Å². The topological polar surface area (TPSA) is 59.1 Å². The van der Waals surface area contributed by atoms with Crippen LogP contribution in [0.1, 0.15) is 37.6 Å². The number of ketones is 1. The molecule has 0 bridgehead atoms. The Kier molecular flexibility index (Phi) is 9.86. The highest BCUT2D eigenvalue weighted by atomic mass is 35.5. The molecular formula is C26H24Cl2N2O2. The molecule has 164 valence electrons. The number of hydrogen-bond donors (Lipinski definition) is 1. The first kappa shape index (κ1) is 25.1. The largest absolute Gasteiger partial charge is 0.328 e. The standard InChI is InChI=1S/C24H18Cl2N2O2.C2H6/c1-16(23(30)12-10-20-4-2-3-13-27-20)24(17-5-7-18(25)8-6-17)21-14-19(26)9-11-22(21)28-15-29;1-2/h2-15H,1H3,(H,28,29);1-2H3/b12-10+,24-16+;. The number of nitrogens with zero attached hydrogens (tertiary/aromatic N) is 1. The van der Waals surface area contributed by atoms with Gasteiger partial charge in [-0.05, 0) is 72.7 Å². The van der Waals surface area contributed by atoms with Crippen molar-refractivity contribution in [1.82, 2.24) is 4.98 Å². The Hall–Kier alpha value is -3.21. The number of benzene rings is 2. The molecule has 1 N–H and O–H groups in total. The van der Waals surface area contributed by atoms with Crippen molar-refractivity contribution < 1.29 is 9.59 Å². The molecule has 0 radical (unpaired) electrons. The molecule has 0 saturated heterocycles. The highest BCUT2D eigenvalue weighted by Gasteiger charge is 2.17. The van der Waals surface area contributed by atoms with Gasteiger partial charge in [-0.2, -0.15) is 0 Å². The second-order valence-corrected chi connectivity index (χ2v) is 7.28. The summed E-state index contributed by atoms with van der Waals surface area (Å²) in [6, 6.07) is 17.7. The van der Waals surface area contributed by atoms with Crippen molar-refractivity contribution in [2.75, 3.05) is 5.32 Å². The van der Waals surface area contributed by atoms with Crippen molar-refractivity contribution in [2.24, 2.45) is 0 Å². The minimum atomic E-state index is -0.192. The maximum Gasteiger partial charge on any atom is 0.211 e. The molecule has 3 aromatic rings. The van der Waals surface area contributed by atoms with Crippen molar-refractivity contribution in [3.8, 4) is 0 Å². The van der Waals surface area contributed by atoms with Gasteiger partial charge in [0.05, 0.1) is 5.69 Å². The van der Waals surface area contributed by atoms with Gasteiger partial charge in [0.15, 0.2) is 5.78 Å². The molecule has 1 amide bonds. The summed E-state index contributed by atoms with van der Waals surface area (Å²) in [5.41, 5.74) is 3.76. The number of hydrogen-bond acceptors (Lipinski definition) is 3. The molecule has 32 heavy (non-hydrogen) atoms. The van der Waals surface area contributed by atoms with Crippen LogP contribution in [0.25, 0.3) is 11.6 Å². The van der Waals surface area contributed by atoms with Gasteiger partial charge < -0.3 is 5.32 Å². The summed E-state index contributed by atoms with van der Waals surface area (Å²) in [6.07, 6.45) is 5.39. The van der Waals surface area contributed by atoms with Crippen LogP contribution in [0.4, 0.5) is 5.69 Å². The number of anilines is 1. The van der Waals surface area contributed by atoms with Gasteiger partial charge in [0, 0.05) is 33.1 Å². The van der Waals surface area contributed by atoms with Crippen molar-refractivity contribution in [2.45, 2.75) is 20.8 Å². The van der Waals surface area contributed by atoms with E-state index in [0.717, 1.165) is 5.56 Å². The smallest absolute Gasteiger partial charge is 0.211 e. The van der Waals surface area contributed by atoms with Gasteiger partial charge >= 0.3 is 0 Å². The van der Waals surface area contributed by atoms with Gasteiger partial charge in [-0.15, -0.1) is 0 Å². The maximum absolute atomic E-state index is 13.0. The van der Waals surface area contributed by atoms with Crippen molar-refractivity contribution >= 4 is 52.7 Å². The van der Waals surface area contributed by atoms with Crippen LogP contribution in [0, 0.1) is 0 Å². The minimum Gasteiger partial charge on any atom is -0.328 e. The third-order valence-electron chi connectivity index (χ3n) is 4.44. The molecule has 2 aromatic carbocycles. The van der Waals surface area contributed by atoms with E-state index >= 15 is 0 Å². The van der Waals surface area contributed by atoms with Gasteiger partial charge in [-0.1, -0.05) is 55.2 Å². The lowest BCUT2D eigenvalue weighted by atomic mass is 9.90. The summed E-state index contributed by atoms with van der Waals surface area (Å²) in [5.74, 6) is -0.192. The number of carbonyl (C=O) groups excluding carboxylic acids is 2. The summed E-state index contributed by atoms with van der Waals surface area (Å²) in [5, 5.41) is 3.74. The van der Waals surface area contributed by atoms with Gasteiger partial charge in [0.25, 0.3) is 0 Å². The fourth-order valence-corrected chi connectivity index (χ4v) is 3.29. The number of pyridine rings is 1. The normalized spacial score (nSPS) is 11.3. The van der Waals surface area contributed by atoms with Crippen LogP contribution in [0.3, 0.4) is 0 Å². The number of amides is 1. The highest BCUT2D eigenvalue weighted by Crippen LogP contribution is 2.35. The summed E-state index contributed by atoms with van der Waals surface area (Å²) < 4.78 is 0. The number of halogens is 2.